The van der Waals surface area contributed by atoms with E-state index in [0.29, 0.717) is 31.5 Å². The SMILES string of the molecule is Cc1ncc(COP(=O)(O)O)c(CN[C@@H](CCCCN)C(=O)O)c1O. The van der Waals surface area contributed by atoms with Crippen molar-refractivity contribution in [2.45, 2.75) is 45.4 Å². The first-order valence-corrected chi connectivity index (χ1v) is 9.21. The first kappa shape index (κ1) is 21.5. The number of aromatic hydroxyl groups is 1. The number of aryl methyl sites for hydroxylation is 1. The van der Waals surface area contributed by atoms with Crippen LogP contribution in [0, 0.1) is 6.92 Å². The number of pyridine rings is 1. The molecule has 11 heteroatoms. The van der Waals surface area contributed by atoms with Gasteiger partial charge in [-0.2, -0.15) is 0 Å². The number of carbonyl (C=O) groups is 1. The molecule has 25 heavy (non-hydrogen) atoms. The van der Waals surface area contributed by atoms with E-state index in [1.54, 1.807) is 6.92 Å². The Labute approximate surface area is 145 Å². The minimum atomic E-state index is -4.69. The number of rotatable bonds is 11. The third kappa shape index (κ3) is 7.47. The molecule has 1 rings (SSSR count). The second-order valence-electron chi connectivity index (χ2n) is 5.52. The number of hydrogen-bond donors (Lipinski definition) is 6. The van der Waals surface area contributed by atoms with Gasteiger partial charge in [0.05, 0.1) is 12.3 Å². The highest BCUT2D eigenvalue weighted by molar-refractivity contribution is 7.46. The molecule has 0 aliphatic carbocycles. The van der Waals surface area contributed by atoms with Gasteiger partial charge in [0.2, 0.25) is 0 Å². The molecule has 0 saturated carbocycles. The highest BCUT2D eigenvalue weighted by Gasteiger charge is 2.21. The van der Waals surface area contributed by atoms with E-state index in [0.717, 1.165) is 0 Å². The quantitative estimate of drug-likeness (QED) is 0.233. The fraction of sp³-hybridized carbons (Fsp3) is 0.571. The van der Waals surface area contributed by atoms with Gasteiger partial charge in [0.1, 0.15) is 11.8 Å². The first-order chi connectivity index (χ1) is 11.7. The van der Waals surface area contributed by atoms with Crippen LogP contribution >= 0.6 is 7.82 Å². The molecule has 0 bridgehead atoms. The Hall–Kier alpha value is -1.55. The minimum absolute atomic E-state index is 0.0192. The number of phosphoric acid groups is 1. The molecule has 0 aliphatic rings. The van der Waals surface area contributed by atoms with E-state index in [9.17, 15) is 19.6 Å². The summed E-state index contributed by atoms with van der Waals surface area (Å²) in [4.78, 5) is 32.8. The monoisotopic (exact) mass is 377 g/mol. The van der Waals surface area contributed by atoms with Gasteiger partial charge in [-0.3, -0.25) is 14.3 Å². The fourth-order valence-electron chi connectivity index (χ4n) is 2.19. The Kier molecular flexibility index (Phi) is 8.43. The molecule has 0 spiro atoms. The van der Waals surface area contributed by atoms with E-state index in [2.05, 4.69) is 14.8 Å². The molecule has 142 valence electrons. The Morgan fingerprint density at radius 2 is 2.12 bits per heavy atom. The number of nitrogens with two attached hydrogens (primary N) is 1. The van der Waals surface area contributed by atoms with Crippen LogP contribution < -0.4 is 11.1 Å². The van der Waals surface area contributed by atoms with Crippen LogP contribution in [0.4, 0.5) is 0 Å². The van der Waals surface area contributed by atoms with Crippen molar-refractivity contribution in [2.24, 2.45) is 5.73 Å². The molecule has 0 saturated heterocycles. The molecular formula is C14H24N3O7P. The summed E-state index contributed by atoms with van der Waals surface area (Å²) in [5.74, 6) is -1.21. The van der Waals surface area contributed by atoms with Crippen molar-refractivity contribution in [1.82, 2.24) is 10.3 Å². The molecule has 10 nitrogen and oxygen atoms in total. The van der Waals surface area contributed by atoms with Gasteiger partial charge >= 0.3 is 13.8 Å². The zero-order valence-corrected chi connectivity index (χ0v) is 14.8. The molecule has 0 fully saturated rings. The standard InChI is InChI=1S/C14H24N3O7P/c1-9-13(18)11(10(6-16-9)8-24-25(21,22)23)7-17-12(14(19)20)4-2-3-5-15/h6,12,17-18H,2-5,7-8,15H2,1H3,(H,19,20)(H2,21,22,23)/t12-/m0/s1. The zero-order valence-electron chi connectivity index (χ0n) is 13.9. The van der Waals surface area contributed by atoms with Crippen LogP contribution in [-0.4, -0.2) is 43.5 Å². The van der Waals surface area contributed by atoms with Gasteiger partial charge in [-0.25, -0.2) is 4.57 Å². The predicted molar refractivity (Wildman–Crippen MR) is 88.6 cm³/mol. The molecule has 1 aromatic heterocycles. The number of aromatic nitrogens is 1. The number of carboxylic acids is 1. The molecular weight excluding hydrogens is 353 g/mol. The van der Waals surface area contributed by atoms with E-state index < -0.39 is 26.4 Å². The Morgan fingerprint density at radius 3 is 2.68 bits per heavy atom. The van der Waals surface area contributed by atoms with Crippen LogP contribution in [0.3, 0.4) is 0 Å². The molecule has 7 N–H and O–H groups in total. The third-order valence-electron chi connectivity index (χ3n) is 3.59. The van der Waals surface area contributed by atoms with Gasteiger partial charge in [0, 0.05) is 23.9 Å². The molecule has 0 aromatic carbocycles. The summed E-state index contributed by atoms with van der Waals surface area (Å²) in [5.41, 5.74) is 6.24. The summed E-state index contributed by atoms with van der Waals surface area (Å²) in [6.07, 6.45) is 3.03. The van der Waals surface area contributed by atoms with Crippen molar-refractivity contribution in [2.75, 3.05) is 6.54 Å². The molecule has 0 amide bonds. The normalized spacial score (nSPS) is 13.0. The van der Waals surface area contributed by atoms with Crippen molar-refractivity contribution < 1.29 is 33.9 Å². The lowest BCUT2D eigenvalue weighted by Crippen LogP contribution is -2.36. The molecule has 0 unspecified atom stereocenters. The van der Waals surface area contributed by atoms with Crippen LogP contribution in [0.5, 0.6) is 5.75 Å². The largest absolute Gasteiger partial charge is 0.506 e. The highest BCUT2D eigenvalue weighted by atomic mass is 31.2. The summed E-state index contributed by atoms with van der Waals surface area (Å²) >= 11 is 0. The van der Waals surface area contributed by atoms with E-state index in [1.165, 1.54) is 6.20 Å². The maximum absolute atomic E-state index is 11.3. The molecule has 0 aliphatic heterocycles. The lowest BCUT2D eigenvalue weighted by atomic mass is 10.1. The van der Waals surface area contributed by atoms with Crippen molar-refractivity contribution >= 4 is 13.8 Å². The van der Waals surface area contributed by atoms with Gasteiger partial charge < -0.3 is 31.1 Å². The number of unbranched alkanes of at least 4 members (excludes halogenated alkanes) is 1. The fourth-order valence-corrected chi connectivity index (χ4v) is 2.50. The molecule has 1 aromatic rings. The van der Waals surface area contributed by atoms with Crippen molar-refractivity contribution in [1.29, 1.82) is 0 Å². The predicted octanol–water partition coefficient (Wildman–Crippen LogP) is 0.377. The van der Waals surface area contributed by atoms with E-state index in [1.807, 2.05) is 0 Å². The average molecular weight is 377 g/mol. The van der Waals surface area contributed by atoms with Gasteiger partial charge in [-0.05, 0) is 26.3 Å². The average Bonchev–Trinajstić information content (AvgIpc) is 2.52. The van der Waals surface area contributed by atoms with E-state index in [4.69, 9.17) is 15.5 Å². The van der Waals surface area contributed by atoms with Crippen LogP contribution in [0.15, 0.2) is 6.20 Å². The van der Waals surface area contributed by atoms with Gasteiger partial charge in [-0.15, -0.1) is 0 Å². The Balaban J connectivity index is 2.88. The van der Waals surface area contributed by atoms with Crippen LogP contribution in [0.2, 0.25) is 0 Å². The molecule has 1 atom stereocenters. The second kappa shape index (κ2) is 9.81. The van der Waals surface area contributed by atoms with Crippen LogP contribution in [0.1, 0.15) is 36.1 Å². The van der Waals surface area contributed by atoms with Gasteiger partial charge in [-0.1, -0.05) is 6.42 Å². The number of nitrogens with zero attached hydrogens (tertiary/aromatic N) is 1. The third-order valence-corrected chi connectivity index (χ3v) is 4.05. The second-order valence-corrected chi connectivity index (χ2v) is 6.76. The lowest BCUT2D eigenvalue weighted by Gasteiger charge is -2.18. The summed E-state index contributed by atoms with van der Waals surface area (Å²) in [6.45, 7) is 1.55. The van der Waals surface area contributed by atoms with E-state index >= 15 is 0 Å². The summed E-state index contributed by atoms with van der Waals surface area (Å²) in [7, 11) is -4.69. The smallest absolute Gasteiger partial charge is 0.469 e. The molecule has 1 heterocycles. The first-order valence-electron chi connectivity index (χ1n) is 7.68. The number of phosphoric ester groups is 1. The summed E-state index contributed by atoms with van der Waals surface area (Å²) in [5, 5.41) is 22.2. The number of hydrogen-bond acceptors (Lipinski definition) is 7. The summed E-state index contributed by atoms with van der Waals surface area (Å²) in [6, 6.07) is -0.838. The maximum Gasteiger partial charge on any atom is 0.469 e. The number of aliphatic carboxylic acids is 1. The number of carboxylic acid groups (broad SMARTS) is 1. The Morgan fingerprint density at radius 1 is 1.44 bits per heavy atom. The van der Waals surface area contributed by atoms with E-state index in [-0.39, 0.29) is 23.4 Å². The van der Waals surface area contributed by atoms with Crippen molar-refractivity contribution in [3.63, 3.8) is 0 Å². The van der Waals surface area contributed by atoms with Crippen LogP contribution in [-0.2, 0) is 27.0 Å². The topological polar surface area (TPSA) is 175 Å². The van der Waals surface area contributed by atoms with Gasteiger partial charge in [0.15, 0.2) is 0 Å². The van der Waals surface area contributed by atoms with Crippen LogP contribution in [0.25, 0.3) is 0 Å². The zero-order chi connectivity index (χ0) is 19.0. The summed E-state index contributed by atoms with van der Waals surface area (Å²) < 4.78 is 15.3. The van der Waals surface area contributed by atoms with Gasteiger partial charge in [0.25, 0.3) is 0 Å². The minimum Gasteiger partial charge on any atom is -0.506 e. The maximum atomic E-state index is 11.3. The molecule has 0 radical (unpaired) electrons. The van der Waals surface area contributed by atoms with Crippen molar-refractivity contribution in [3.8, 4) is 5.75 Å². The number of nitrogens with one attached hydrogen (secondary N) is 1. The van der Waals surface area contributed by atoms with Crippen molar-refractivity contribution in [3.05, 3.63) is 23.0 Å². The highest BCUT2D eigenvalue weighted by Crippen LogP contribution is 2.38. The lowest BCUT2D eigenvalue weighted by molar-refractivity contribution is -0.139. The Bertz CT molecular complexity index is 635.